The van der Waals surface area contributed by atoms with Gasteiger partial charge < -0.3 is 11.1 Å². The van der Waals surface area contributed by atoms with E-state index in [1.165, 1.54) is 11.4 Å². The average molecular weight is 203 g/mol. The van der Waals surface area contributed by atoms with Crippen molar-refractivity contribution in [3.8, 4) is 0 Å². The predicted octanol–water partition coefficient (Wildman–Crippen LogP) is 1.59. The summed E-state index contributed by atoms with van der Waals surface area (Å²) in [7, 11) is 0. The Morgan fingerprint density at radius 3 is 2.67 bits per heavy atom. The summed E-state index contributed by atoms with van der Waals surface area (Å²) in [4.78, 5) is 4.37. The van der Waals surface area contributed by atoms with Crippen molar-refractivity contribution in [2.24, 2.45) is 4.99 Å². The zero-order valence-electron chi connectivity index (χ0n) is 8.87. The molecule has 3 N–H and O–H groups in total. The smallest absolute Gasteiger partial charge is 0.0964 e. The van der Waals surface area contributed by atoms with Crippen LogP contribution in [0.4, 0.5) is 5.69 Å². The van der Waals surface area contributed by atoms with E-state index in [9.17, 15) is 0 Å². The first-order chi connectivity index (χ1) is 7.34. The number of amidine groups is 1. The lowest BCUT2D eigenvalue weighted by molar-refractivity contribution is 0.845. The molecule has 0 fully saturated rings. The van der Waals surface area contributed by atoms with Crippen LogP contribution in [0.2, 0.25) is 0 Å². The van der Waals surface area contributed by atoms with E-state index >= 15 is 0 Å². The van der Waals surface area contributed by atoms with Gasteiger partial charge in [-0.2, -0.15) is 0 Å². The number of aliphatic imine (C=N–C) groups is 1. The molecule has 0 radical (unpaired) electrons. The molecule has 1 aromatic rings. The maximum atomic E-state index is 5.63. The fourth-order valence-electron chi connectivity index (χ4n) is 1.76. The van der Waals surface area contributed by atoms with Gasteiger partial charge in [0, 0.05) is 18.7 Å². The number of aryl methyl sites for hydroxylation is 1. The highest BCUT2D eigenvalue weighted by Crippen LogP contribution is 2.09. The minimum absolute atomic E-state index is 0.834. The van der Waals surface area contributed by atoms with E-state index in [1.807, 2.05) is 12.1 Å². The molecule has 0 saturated heterocycles. The van der Waals surface area contributed by atoms with Crippen molar-refractivity contribution in [3.05, 3.63) is 29.8 Å². The SMILES string of the molecule is Nc1ccc(CCCC2=NCCN2)cc1. The second-order valence-electron chi connectivity index (χ2n) is 3.85. The van der Waals surface area contributed by atoms with Gasteiger partial charge in [0.15, 0.2) is 0 Å². The molecule has 1 aromatic carbocycles. The van der Waals surface area contributed by atoms with Crippen LogP contribution in [-0.2, 0) is 6.42 Å². The molecule has 1 aliphatic heterocycles. The van der Waals surface area contributed by atoms with Gasteiger partial charge in [0.05, 0.1) is 12.4 Å². The molecule has 0 unspecified atom stereocenters. The Kier molecular flexibility index (Phi) is 3.22. The average Bonchev–Trinajstić information content (AvgIpc) is 2.74. The van der Waals surface area contributed by atoms with Crippen molar-refractivity contribution in [3.63, 3.8) is 0 Å². The molecule has 1 heterocycles. The highest BCUT2D eigenvalue weighted by Gasteiger charge is 2.03. The summed E-state index contributed by atoms with van der Waals surface area (Å²) < 4.78 is 0. The van der Waals surface area contributed by atoms with Crippen molar-refractivity contribution in [2.75, 3.05) is 18.8 Å². The summed E-state index contributed by atoms with van der Waals surface area (Å²) in [5, 5.41) is 3.28. The molecule has 0 amide bonds. The van der Waals surface area contributed by atoms with Gasteiger partial charge in [-0.25, -0.2) is 0 Å². The van der Waals surface area contributed by atoms with Crippen molar-refractivity contribution in [1.29, 1.82) is 0 Å². The minimum Gasteiger partial charge on any atom is -0.399 e. The fraction of sp³-hybridized carbons (Fsp3) is 0.417. The number of nitrogens with one attached hydrogen (secondary N) is 1. The van der Waals surface area contributed by atoms with Crippen LogP contribution in [-0.4, -0.2) is 18.9 Å². The normalized spacial score (nSPS) is 14.8. The maximum Gasteiger partial charge on any atom is 0.0964 e. The van der Waals surface area contributed by atoms with Gasteiger partial charge in [0.2, 0.25) is 0 Å². The molecule has 15 heavy (non-hydrogen) atoms. The first-order valence-corrected chi connectivity index (χ1v) is 5.46. The number of hydrogen-bond donors (Lipinski definition) is 2. The number of nitrogens with two attached hydrogens (primary N) is 1. The van der Waals surface area contributed by atoms with Gasteiger partial charge in [-0.05, 0) is 30.5 Å². The van der Waals surface area contributed by atoms with E-state index in [1.54, 1.807) is 0 Å². The number of hydrogen-bond acceptors (Lipinski definition) is 3. The molecule has 3 nitrogen and oxygen atoms in total. The van der Waals surface area contributed by atoms with Crippen LogP contribution in [0.15, 0.2) is 29.3 Å². The van der Waals surface area contributed by atoms with E-state index in [-0.39, 0.29) is 0 Å². The van der Waals surface area contributed by atoms with Crippen LogP contribution < -0.4 is 11.1 Å². The Bertz CT molecular complexity index is 340. The van der Waals surface area contributed by atoms with Crippen LogP contribution in [0.1, 0.15) is 18.4 Å². The number of rotatable bonds is 4. The van der Waals surface area contributed by atoms with Gasteiger partial charge in [-0.15, -0.1) is 0 Å². The first-order valence-electron chi connectivity index (χ1n) is 5.46. The van der Waals surface area contributed by atoms with Crippen LogP contribution >= 0.6 is 0 Å². The third kappa shape index (κ3) is 2.98. The fourth-order valence-corrected chi connectivity index (χ4v) is 1.76. The summed E-state index contributed by atoms with van der Waals surface area (Å²) >= 11 is 0. The highest BCUT2D eigenvalue weighted by atomic mass is 15.1. The Labute approximate surface area is 90.4 Å². The third-order valence-corrected chi connectivity index (χ3v) is 2.60. The molecule has 0 aromatic heterocycles. The molecule has 0 atom stereocenters. The molecule has 2 rings (SSSR count). The second kappa shape index (κ2) is 4.82. The molecular weight excluding hydrogens is 186 g/mol. The Balaban J connectivity index is 1.75. The van der Waals surface area contributed by atoms with E-state index in [0.29, 0.717) is 0 Å². The van der Waals surface area contributed by atoms with Crippen LogP contribution in [0.5, 0.6) is 0 Å². The van der Waals surface area contributed by atoms with E-state index in [4.69, 9.17) is 5.73 Å². The van der Waals surface area contributed by atoms with Gasteiger partial charge in [0.1, 0.15) is 0 Å². The lowest BCUT2D eigenvalue weighted by atomic mass is 10.1. The topological polar surface area (TPSA) is 50.4 Å². The van der Waals surface area contributed by atoms with Crippen LogP contribution in [0.25, 0.3) is 0 Å². The Morgan fingerprint density at radius 2 is 2.00 bits per heavy atom. The van der Waals surface area contributed by atoms with E-state index in [2.05, 4.69) is 22.4 Å². The van der Waals surface area contributed by atoms with Crippen LogP contribution in [0.3, 0.4) is 0 Å². The Hall–Kier alpha value is -1.51. The maximum absolute atomic E-state index is 5.63. The zero-order chi connectivity index (χ0) is 10.5. The Morgan fingerprint density at radius 1 is 1.20 bits per heavy atom. The van der Waals surface area contributed by atoms with Crippen molar-refractivity contribution < 1.29 is 0 Å². The molecule has 0 saturated carbocycles. The largest absolute Gasteiger partial charge is 0.399 e. The quantitative estimate of drug-likeness (QED) is 0.730. The number of nitrogen functional groups attached to an aromatic ring is 1. The molecular formula is C12H17N3. The summed E-state index contributed by atoms with van der Waals surface area (Å²) in [6.45, 7) is 1.95. The molecule has 80 valence electrons. The monoisotopic (exact) mass is 203 g/mol. The molecule has 1 aliphatic rings. The number of anilines is 1. The van der Waals surface area contributed by atoms with Gasteiger partial charge in [-0.3, -0.25) is 4.99 Å². The summed E-state index contributed by atoms with van der Waals surface area (Å²) in [5.74, 6) is 1.17. The van der Waals surface area contributed by atoms with Gasteiger partial charge in [-0.1, -0.05) is 12.1 Å². The van der Waals surface area contributed by atoms with Gasteiger partial charge >= 0.3 is 0 Å². The number of benzene rings is 1. The van der Waals surface area contributed by atoms with Crippen LogP contribution in [0, 0.1) is 0 Å². The summed E-state index contributed by atoms with van der Waals surface area (Å²) in [5.41, 5.74) is 7.81. The van der Waals surface area contributed by atoms with E-state index in [0.717, 1.165) is 38.0 Å². The predicted molar refractivity (Wildman–Crippen MR) is 64.1 cm³/mol. The van der Waals surface area contributed by atoms with Gasteiger partial charge in [0.25, 0.3) is 0 Å². The molecule has 3 heteroatoms. The van der Waals surface area contributed by atoms with Crippen molar-refractivity contribution in [2.45, 2.75) is 19.3 Å². The highest BCUT2D eigenvalue weighted by molar-refractivity contribution is 5.83. The zero-order valence-corrected chi connectivity index (χ0v) is 8.87. The lowest BCUT2D eigenvalue weighted by Crippen LogP contribution is -2.18. The summed E-state index contributed by atoms with van der Waals surface area (Å²) in [6, 6.07) is 8.11. The van der Waals surface area contributed by atoms with Crippen molar-refractivity contribution in [1.82, 2.24) is 5.32 Å². The lowest BCUT2D eigenvalue weighted by Gasteiger charge is -2.03. The molecule has 0 aliphatic carbocycles. The first kappa shape index (κ1) is 10.0. The standard InChI is InChI=1S/C12H17N3/c13-11-6-4-10(5-7-11)2-1-3-12-14-8-9-15-12/h4-7H,1-3,8-9,13H2,(H,14,15). The van der Waals surface area contributed by atoms with Crippen molar-refractivity contribution >= 4 is 11.5 Å². The number of nitrogens with zero attached hydrogens (tertiary/aromatic N) is 1. The third-order valence-electron chi connectivity index (χ3n) is 2.60. The second-order valence-corrected chi connectivity index (χ2v) is 3.85. The summed E-state index contributed by atoms with van der Waals surface area (Å²) in [6.07, 6.45) is 3.31. The molecule has 0 bridgehead atoms. The van der Waals surface area contributed by atoms with E-state index < -0.39 is 0 Å². The minimum atomic E-state index is 0.834. The molecule has 0 spiro atoms.